The van der Waals surface area contributed by atoms with Crippen LogP contribution in [0.25, 0.3) is 10.4 Å². The second-order valence-corrected chi connectivity index (χ2v) is 5.31. The smallest absolute Gasteiger partial charge is 0.0354 e. The summed E-state index contributed by atoms with van der Waals surface area (Å²) in [4.78, 5) is 1.27. The molecule has 1 heterocycles. The van der Waals surface area contributed by atoms with E-state index in [1.807, 2.05) is 6.92 Å². The maximum Gasteiger partial charge on any atom is 0.0354 e. The Balaban J connectivity index is 2.51. The van der Waals surface area contributed by atoms with E-state index in [0.717, 1.165) is 4.47 Å². The van der Waals surface area contributed by atoms with E-state index < -0.39 is 0 Å². The number of thiophene rings is 1. The van der Waals surface area contributed by atoms with Crippen molar-refractivity contribution in [3.05, 3.63) is 45.7 Å². The molecule has 78 valence electrons. The number of rotatable bonds is 2. The van der Waals surface area contributed by atoms with Crippen molar-refractivity contribution in [2.45, 2.75) is 13.0 Å². The Morgan fingerprint density at radius 3 is 2.73 bits per heavy atom. The first-order valence-electron chi connectivity index (χ1n) is 4.77. The zero-order valence-electron chi connectivity index (χ0n) is 8.41. The van der Waals surface area contributed by atoms with Gasteiger partial charge in [0.1, 0.15) is 0 Å². The zero-order chi connectivity index (χ0) is 10.8. The molecule has 0 unspecified atom stereocenters. The molecule has 15 heavy (non-hydrogen) atoms. The van der Waals surface area contributed by atoms with Crippen molar-refractivity contribution in [2.75, 3.05) is 0 Å². The van der Waals surface area contributed by atoms with Crippen LogP contribution in [0.5, 0.6) is 0 Å². The fraction of sp³-hybridized carbons (Fsp3) is 0.167. The Morgan fingerprint density at radius 1 is 1.33 bits per heavy atom. The van der Waals surface area contributed by atoms with Gasteiger partial charge in [-0.05, 0) is 36.1 Å². The maximum atomic E-state index is 5.87. The Morgan fingerprint density at radius 2 is 2.13 bits per heavy atom. The van der Waals surface area contributed by atoms with E-state index in [-0.39, 0.29) is 6.04 Å². The Kier molecular flexibility index (Phi) is 3.24. The zero-order valence-corrected chi connectivity index (χ0v) is 10.8. The maximum absolute atomic E-state index is 5.87. The minimum atomic E-state index is 0.0804. The first-order valence-corrected chi connectivity index (χ1v) is 6.44. The van der Waals surface area contributed by atoms with Gasteiger partial charge < -0.3 is 5.73 Å². The van der Waals surface area contributed by atoms with Crippen LogP contribution in [0.2, 0.25) is 0 Å². The highest BCUT2D eigenvalue weighted by Gasteiger charge is 2.07. The lowest BCUT2D eigenvalue weighted by Crippen LogP contribution is -2.04. The molecule has 0 radical (unpaired) electrons. The molecule has 0 aliphatic rings. The summed E-state index contributed by atoms with van der Waals surface area (Å²) in [7, 11) is 0. The summed E-state index contributed by atoms with van der Waals surface area (Å²) in [6, 6.07) is 10.5. The summed E-state index contributed by atoms with van der Waals surface area (Å²) in [6.07, 6.45) is 0. The van der Waals surface area contributed by atoms with Gasteiger partial charge in [0.05, 0.1) is 0 Å². The third-order valence-electron chi connectivity index (χ3n) is 2.30. The summed E-state index contributed by atoms with van der Waals surface area (Å²) in [6.45, 7) is 2.00. The molecule has 0 saturated carbocycles. The van der Waals surface area contributed by atoms with Crippen LogP contribution in [0.15, 0.2) is 40.2 Å². The first kappa shape index (κ1) is 10.9. The second kappa shape index (κ2) is 4.47. The molecule has 2 N–H and O–H groups in total. The highest BCUT2D eigenvalue weighted by molar-refractivity contribution is 9.10. The lowest BCUT2D eigenvalue weighted by atomic mass is 10.1. The Labute approximate surface area is 102 Å². The van der Waals surface area contributed by atoms with E-state index in [1.54, 1.807) is 11.3 Å². The van der Waals surface area contributed by atoms with Gasteiger partial charge in [0.15, 0.2) is 0 Å². The summed E-state index contributed by atoms with van der Waals surface area (Å²) in [5.74, 6) is 0. The van der Waals surface area contributed by atoms with Gasteiger partial charge in [-0.2, -0.15) is 0 Å². The van der Waals surface area contributed by atoms with Crippen molar-refractivity contribution in [3.63, 3.8) is 0 Å². The Hall–Kier alpha value is -0.640. The van der Waals surface area contributed by atoms with Gasteiger partial charge in [0.25, 0.3) is 0 Å². The van der Waals surface area contributed by atoms with Crippen LogP contribution in [0.3, 0.4) is 0 Å². The fourth-order valence-corrected chi connectivity index (χ4v) is 2.79. The van der Waals surface area contributed by atoms with Crippen LogP contribution in [-0.4, -0.2) is 0 Å². The molecular formula is C12H12BrNS. The quantitative estimate of drug-likeness (QED) is 0.877. The summed E-state index contributed by atoms with van der Waals surface area (Å²) in [5.41, 5.74) is 8.26. The molecule has 3 heteroatoms. The highest BCUT2D eigenvalue weighted by atomic mass is 79.9. The van der Waals surface area contributed by atoms with Crippen molar-refractivity contribution in [2.24, 2.45) is 5.73 Å². The second-order valence-electron chi connectivity index (χ2n) is 3.51. The molecule has 0 aliphatic heterocycles. The number of halogens is 1. The molecule has 1 aromatic carbocycles. The van der Waals surface area contributed by atoms with Gasteiger partial charge in [0.2, 0.25) is 0 Å². The molecule has 0 fully saturated rings. The van der Waals surface area contributed by atoms with Crippen molar-refractivity contribution < 1.29 is 0 Å². The van der Waals surface area contributed by atoms with E-state index in [9.17, 15) is 0 Å². The SMILES string of the molecule is C[C@@H](N)c1ccc(Br)c(-c2cccs2)c1. The number of benzene rings is 1. The standard InChI is InChI=1S/C12H12BrNS/c1-8(14)9-4-5-11(13)10(7-9)12-3-2-6-15-12/h2-8H,14H2,1H3/t8-/m1/s1. The Bertz CT molecular complexity index is 449. The van der Waals surface area contributed by atoms with Crippen molar-refractivity contribution in [1.82, 2.24) is 0 Å². The lowest BCUT2D eigenvalue weighted by Gasteiger charge is -2.09. The monoisotopic (exact) mass is 281 g/mol. The molecular weight excluding hydrogens is 270 g/mol. The number of nitrogens with two attached hydrogens (primary N) is 1. The van der Waals surface area contributed by atoms with Gasteiger partial charge in [-0.25, -0.2) is 0 Å². The van der Waals surface area contributed by atoms with Gasteiger partial charge in [-0.3, -0.25) is 0 Å². The van der Waals surface area contributed by atoms with Crippen LogP contribution in [-0.2, 0) is 0 Å². The molecule has 2 rings (SSSR count). The normalized spacial score (nSPS) is 12.7. The first-order chi connectivity index (χ1) is 7.18. The average Bonchev–Trinajstić information content (AvgIpc) is 2.71. The van der Waals surface area contributed by atoms with E-state index >= 15 is 0 Å². The van der Waals surface area contributed by atoms with Crippen LogP contribution >= 0.6 is 27.3 Å². The number of hydrogen-bond acceptors (Lipinski definition) is 2. The topological polar surface area (TPSA) is 26.0 Å². The van der Waals surface area contributed by atoms with E-state index in [0.29, 0.717) is 0 Å². The molecule has 0 aliphatic carbocycles. The number of hydrogen-bond donors (Lipinski definition) is 1. The third kappa shape index (κ3) is 2.30. The van der Waals surface area contributed by atoms with Crippen molar-refractivity contribution in [1.29, 1.82) is 0 Å². The molecule has 0 spiro atoms. The van der Waals surface area contributed by atoms with Gasteiger partial charge in [-0.1, -0.05) is 28.1 Å². The predicted octanol–water partition coefficient (Wildman–Crippen LogP) is 4.20. The van der Waals surface area contributed by atoms with Crippen LogP contribution < -0.4 is 5.73 Å². The van der Waals surface area contributed by atoms with Crippen LogP contribution in [0, 0.1) is 0 Å². The molecule has 1 aromatic heterocycles. The average molecular weight is 282 g/mol. The summed E-state index contributed by atoms with van der Waals surface area (Å²) >= 11 is 5.31. The molecule has 0 amide bonds. The largest absolute Gasteiger partial charge is 0.324 e. The fourth-order valence-electron chi connectivity index (χ4n) is 1.45. The van der Waals surface area contributed by atoms with Crippen LogP contribution in [0.1, 0.15) is 18.5 Å². The summed E-state index contributed by atoms with van der Waals surface area (Å²) in [5, 5.41) is 2.08. The molecule has 1 nitrogen and oxygen atoms in total. The van der Waals surface area contributed by atoms with Crippen molar-refractivity contribution in [3.8, 4) is 10.4 Å². The van der Waals surface area contributed by atoms with Crippen molar-refractivity contribution >= 4 is 27.3 Å². The molecule has 2 aromatic rings. The van der Waals surface area contributed by atoms with Crippen LogP contribution in [0.4, 0.5) is 0 Å². The molecule has 0 bridgehead atoms. The van der Waals surface area contributed by atoms with E-state index in [2.05, 4.69) is 51.6 Å². The molecule has 0 saturated heterocycles. The van der Waals surface area contributed by atoms with Gasteiger partial charge in [-0.15, -0.1) is 11.3 Å². The van der Waals surface area contributed by atoms with Gasteiger partial charge >= 0.3 is 0 Å². The predicted molar refractivity (Wildman–Crippen MR) is 70.1 cm³/mol. The highest BCUT2D eigenvalue weighted by Crippen LogP contribution is 2.33. The van der Waals surface area contributed by atoms with Gasteiger partial charge in [0, 0.05) is 21.0 Å². The lowest BCUT2D eigenvalue weighted by molar-refractivity contribution is 0.818. The van der Waals surface area contributed by atoms with E-state index in [4.69, 9.17) is 5.73 Å². The summed E-state index contributed by atoms with van der Waals surface area (Å²) < 4.78 is 1.12. The third-order valence-corrected chi connectivity index (χ3v) is 3.90. The minimum Gasteiger partial charge on any atom is -0.324 e. The minimum absolute atomic E-state index is 0.0804. The van der Waals surface area contributed by atoms with E-state index in [1.165, 1.54) is 16.0 Å². The molecule has 1 atom stereocenters.